The second-order valence-corrected chi connectivity index (χ2v) is 3.92. The number of nitrogens with zero attached hydrogens (tertiary/aromatic N) is 2. The maximum Gasteiger partial charge on any atom is 0.276 e. The molecule has 0 aliphatic carbocycles. The van der Waals surface area contributed by atoms with Crippen LogP contribution in [0.2, 0.25) is 0 Å². The number of hydrogen-bond acceptors (Lipinski definition) is 3. The molecule has 2 rings (SSSR count). The maximum atomic E-state index is 11.8. The molecule has 1 amide bonds. The Morgan fingerprint density at radius 1 is 1.53 bits per heavy atom. The number of rotatable bonds is 2. The Morgan fingerprint density at radius 3 is 2.88 bits per heavy atom. The molecule has 0 unspecified atom stereocenters. The average molecular weight is 248 g/mol. The van der Waals surface area contributed by atoms with Crippen molar-refractivity contribution in [1.82, 2.24) is 5.01 Å². The quantitative estimate of drug-likeness (QED) is 0.603. The number of nitrogens with two attached hydrogens (primary N) is 1. The summed E-state index contributed by atoms with van der Waals surface area (Å²) in [6.45, 7) is 2.39. The Kier molecular flexibility index (Phi) is 3.06. The number of hydrazone groups is 1. The van der Waals surface area contributed by atoms with E-state index in [1.54, 1.807) is 0 Å². The van der Waals surface area contributed by atoms with Crippen LogP contribution < -0.4 is 11.1 Å². The summed E-state index contributed by atoms with van der Waals surface area (Å²) in [6, 6.07) is 7.37. The van der Waals surface area contributed by atoms with Gasteiger partial charge in [0.1, 0.15) is 0 Å². The van der Waals surface area contributed by atoms with Gasteiger partial charge in [-0.25, -0.2) is 5.01 Å². The summed E-state index contributed by atoms with van der Waals surface area (Å²) in [4.78, 5) is 11.8. The first-order chi connectivity index (χ1) is 8.13. The summed E-state index contributed by atoms with van der Waals surface area (Å²) < 4.78 is 0. The number of nitrogens with one attached hydrogen (secondary N) is 1. The summed E-state index contributed by atoms with van der Waals surface area (Å²) in [5, 5.41) is 8.50. The largest absolute Gasteiger partial charge is 0.375 e. The van der Waals surface area contributed by atoms with Crippen molar-refractivity contribution in [3.8, 4) is 0 Å². The van der Waals surface area contributed by atoms with E-state index in [1.165, 1.54) is 5.01 Å². The van der Waals surface area contributed by atoms with Crippen molar-refractivity contribution < 1.29 is 4.79 Å². The van der Waals surface area contributed by atoms with Gasteiger partial charge in [-0.3, -0.25) is 4.79 Å². The van der Waals surface area contributed by atoms with Crippen molar-refractivity contribution in [2.24, 2.45) is 10.8 Å². The van der Waals surface area contributed by atoms with Gasteiger partial charge in [-0.15, -0.1) is 0 Å². The molecule has 0 spiro atoms. The summed E-state index contributed by atoms with van der Waals surface area (Å²) in [6.07, 6.45) is 0. The first-order valence-electron chi connectivity index (χ1n) is 5.19. The number of thiocarbonyl (C=S) groups is 1. The van der Waals surface area contributed by atoms with E-state index in [4.69, 9.17) is 18.0 Å². The second kappa shape index (κ2) is 4.50. The first kappa shape index (κ1) is 11.5. The van der Waals surface area contributed by atoms with Gasteiger partial charge in [0.2, 0.25) is 0 Å². The monoisotopic (exact) mass is 248 g/mol. The van der Waals surface area contributed by atoms with Crippen molar-refractivity contribution in [2.45, 2.75) is 6.92 Å². The van der Waals surface area contributed by atoms with Crippen LogP contribution in [0.25, 0.3) is 0 Å². The van der Waals surface area contributed by atoms with Gasteiger partial charge < -0.3 is 11.1 Å². The number of amides is 1. The van der Waals surface area contributed by atoms with Crippen LogP contribution >= 0.6 is 12.2 Å². The van der Waals surface area contributed by atoms with Gasteiger partial charge in [0, 0.05) is 12.1 Å². The fourth-order valence-corrected chi connectivity index (χ4v) is 1.77. The van der Waals surface area contributed by atoms with Gasteiger partial charge >= 0.3 is 0 Å². The van der Waals surface area contributed by atoms with E-state index in [0.717, 1.165) is 11.3 Å². The highest BCUT2D eigenvalue weighted by Crippen LogP contribution is 2.22. The standard InChI is InChI=1S/C11H12N4OS/c1-2-15(11(12)17)14-9-7-5-3-4-6-8(7)13-10(9)16/h3-6H,2H2,1H3,(H2,12,17)(H,13,14,16). The van der Waals surface area contributed by atoms with Crippen LogP contribution in [0.5, 0.6) is 0 Å². The van der Waals surface area contributed by atoms with E-state index in [1.807, 2.05) is 31.2 Å². The van der Waals surface area contributed by atoms with Crippen LogP contribution in [0.1, 0.15) is 12.5 Å². The fraction of sp³-hybridized carbons (Fsp3) is 0.182. The van der Waals surface area contributed by atoms with Gasteiger partial charge in [-0.1, -0.05) is 18.2 Å². The SMILES string of the molecule is CCN(/N=C1\C(=O)Nc2ccccc21)C(N)=S. The second-order valence-electron chi connectivity index (χ2n) is 3.50. The number of para-hydroxylation sites is 1. The molecule has 0 aromatic heterocycles. The summed E-state index contributed by atoms with van der Waals surface area (Å²) in [7, 11) is 0. The molecule has 3 N–H and O–H groups in total. The molecule has 1 heterocycles. The fourth-order valence-electron chi connectivity index (χ4n) is 1.60. The molecule has 0 radical (unpaired) electrons. The normalized spacial score (nSPS) is 15.6. The van der Waals surface area contributed by atoms with Crippen LogP contribution in [-0.4, -0.2) is 28.3 Å². The Bertz CT molecular complexity index is 512. The van der Waals surface area contributed by atoms with Crippen LogP contribution in [0.15, 0.2) is 29.4 Å². The molecule has 6 heteroatoms. The van der Waals surface area contributed by atoms with Gasteiger partial charge in [0.15, 0.2) is 10.8 Å². The molecule has 1 aromatic carbocycles. The number of benzene rings is 1. The van der Waals surface area contributed by atoms with Crippen molar-refractivity contribution in [3.05, 3.63) is 29.8 Å². The molecule has 0 atom stereocenters. The summed E-state index contributed by atoms with van der Waals surface area (Å²) in [5.41, 5.74) is 7.38. The minimum absolute atomic E-state index is 0.150. The minimum atomic E-state index is -0.235. The van der Waals surface area contributed by atoms with Crippen molar-refractivity contribution in [3.63, 3.8) is 0 Å². The van der Waals surface area contributed by atoms with E-state index in [-0.39, 0.29) is 11.0 Å². The van der Waals surface area contributed by atoms with E-state index in [2.05, 4.69) is 10.4 Å². The van der Waals surface area contributed by atoms with E-state index < -0.39 is 0 Å². The zero-order valence-electron chi connectivity index (χ0n) is 9.30. The van der Waals surface area contributed by atoms with Gasteiger partial charge in [0.25, 0.3) is 5.91 Å². The molecule has 0 saturated carbocycles. The third kappa shape index (κ3) is 2.12. The molecule has 0 fully saturated rings. The smallest absolute Gasteiger partial charge is 0.276 e. The highest BCUT2D eigenvalue weighted by molar-refractivity contribution is 7.80. The number of fused-ring (bicyclic) bond motifs is 1. The number of carbonyl (C=O) groups excluding carboxylic acids is 1. The molecule has 1 aliphatic heterocycles. The summed E-state index contributed by atoms with van der Waals surface area (Å²) in [5.74, 6) is -0.235. The Labute approximate surface area is 104 Å². The maximum absolute atomic E-state index is 11.8. The lowest BCUT2D eigenvalue weighted by Gasteiger charge is -2.14. The minimum Gasteiger partial charge on any atom is -0.375 e. The zero-order chi connectivity index (χ0) is 12.4. The molecule has 17 heavy (non-hydrogen) atoms. The molecule has 88 valence electrons. The van der Waals surface area contributed by atoms with E-state index in [9.17, 15) is 4.79 Å². The lowest BCUT2D eigenvalue weighted by atomic mass is 10.1. The molecule has 0 saturated heterocycles. The molecular formula is C11H12N4OS. The molecule has 0 bridgehead atoms. The predicted molar refractivity (Wildman–Crippen MR) is 70.8 cm³/mol. The first-order valence-corrected chi connectivity index (χ1v) is 5.60. The molecule has 1 aromatic rings. The lowest BCUT2D eigenvalue weighted by molar-refractivity contribution is -0.110. The van der Waals surface area contributed by atoms with Crippen LogP contribution in [0, 0.1) is 0 Å². The van der Waals surface area contributed by atoms with Crippen molar-refractivity contribution >= 4 is 34.6 Å². The zero-order valence-corrected chi connectivity index (χ0v) is 10.1. The highest BCUT2D eigenvalue weighted by Gasteiger charge is 2.26. The molecule has 1 aliphatic rings. The number of hydrogen-bond donors (Lipinski definition) is 2. The predicted octanol–water partition coefficient (Wildman–Crippen LogP) is 0.908. The van der Waals surface area contributed by atoms with Crippen LogP contribution in [0.4, 0.5) is 5.69 Å². The topological polar surface area (TPSA) is 70.7 Å². The summed E-state index contributed by atoms with van der Waals surface area (Å²) >= 11 is 4.85. The third-order valence-corrected chi connectivity index (χ3v) is 2.63. The Balaban J connectivity index is 2.42. The number of carbonyl (C=O) groups is 1. The lowest BCUT2D eigenvalue weighted by Crippen LogP contribution is -2.33. The van der Waals surface area contributed by atoms with E-state index in [0.29, 0.717) is 12.3 Å². The van der Waals surface area contributed by atoms with E-state index >= 15 is 0 Å². The highest BCUT2D eigenvalue weighted by atomic mass is 32.1. The molecule has 5 nitrogen and oxygen atoms in total. The van der Waals surface area contributed by atoms with Gasteiger partial charge in [-0.05, 0) is 25.2 Å². The van der Waals surface area contributed by atoms with Crippen LogP contribution in [0.3, 0.4) is 0 Å². The van der Waals surface area contributed by atoms with Crippen molar-refractivity contribution in [2.75, 3.05) is 11.9 Å². The number of anilines is 1. The van der Waals surface area contributed by atoms with Gasteiger partial charge in [0.05, 0.1) is 5.69 Å². The van der Waals surface area contributed by atoms with Gasteiger partial charge in [-0.2, -0.15) is 5.10 Å². The Morgan fingerprint density at radius 2 is 2.24 bits per heavy atom. The Hall–Kier alpha value is -1.95. The third-order valence-electron chi connectivity index (χ3n) is 2.42. The average Bonchev–Trinajstić information content (AvgIpc) is 2.61. The van der Waals surface area contributed by atoms with Crippen LogP contribution in [-0.2, 0) is 4.79 Å². The van der Waals surface area contributed by atoms with Crippen molar-refractivity contribution in [1.29, 1.82) is 0 Å². The molecular weight excluding hydrogens is 236 g/mol.